The molecule has 0 saturated heterocycles. The lowest BCUT2D eigenvalue weighted by molar-refractivity contribution is -0.142. The third kappa shape index (κ3) is 8.18. The topological polar surface area (TPSA) is 77.1 Å². The highest BCUT2D eigenvalue weighted by atomic mass is 16.5. The van der Waals surface area contributed by atoms with Gasteiger partial charge in [-0.1, -0.05) is 38.3 Å². The number of hydrogen-bond donors (Lipinski definition) is 1. The molecule has 0 aliphatic heterocycles. The second-order valence-electron chi connectivity index (χ2n) is 9.27. The van der Waals surface area contributed by atoms with E-state index in [1.165, 1.54) is 6.42 Å². The third-order valence-corrected chi connectivity index (χ3v) is 6.69. The van der Waals surface area contributed by atoms with E-state index in [4.69, 9.17) is 14.2 Å². The predicted molar refractivity (Wildman–Crippen MR) is 140 cm³/mol. The van der Waals surface area contributed by atoms with Crippen molar-refractivity contribution in [1.29, 1.82) is 0 Å². The molecule has 1 atom stereocenters. The number of benzene rings is 2. The Hall–Kier alpha value is -3.22. The summed E-state index contributed by atoms with van der Waals surface area (Å²) in [5.74, 6) is 2.11. The molecule has 1 unspecified atom stereocenters. The van der Waals surface area contributed by atoms with Crippen LogP contribution in [0.2, 0.25) is 0 Å². The third-order valence-electron chi connectivity index (χ3n) is 6.69. The van der Waals surface area contributed by atoms with Crippen molar-refractivity contribution in [1.82, 2.24) is 10.2 Å². The van der Waals surface area contributed by atoms with Crippen LogP contribution in [0.25, 0.3) is 0 Å². The lowest BCUT2D eigenvalue weighted by atomic mass is 9.95. The van der Waals surface area contributed by atoms with Crippen molar-refractivity contribution >= 4 is 11.8 Å². The highest BCUT2D eigenvalue weighted by molar-refractivity contribution is 5.87. The maximum absolute atomic E-state index is 13.4. The van der Waals surface area contributed by atoms with Gasteiger partial charge in [0, 0.05) is 19.0 Å². The average molecular weight is 497 g/mol. The predicted octanol–water partition coefficient (Wildman–Crippen LogP) is 5.12. The van der Waals surface area contributed by atoms with E-state index in [1.54, 1.807) is 19.1 Å². The number of rotatable bonds is 13. The fraction of sp³-hybridized carbons (Fsp3) is 0.517. The summed E-state index contributed by atoms with van der Waals surface area (Å²) >= 11 is 0. The summed E-state index contributed by atoms with van der Waals surface area (Å²) in [6.07, 6.45) is 6.93. The Labute approximate surface area is 215 Å². The van der Waals surface area contributed by atoms with E-state index in [2.05, 4.69) is 5.32 Å². The maximum atomic E-state index is 13.4. The first-order chi connectivity index (χ1) is 17.5. The molecule has 2 aromatic carbocycles. The van der Waals surface area contributed by atoms with Crippen LogP contribution < -0.4 is 19.5 Å². The quantitative estimate of drug-likeness (QED) is 0.390. The van der Waals surface area contributed by atoms with Crippen molar-refractivity contribution in [3.63, 3.8) is 0 Å². The minimum atomic E-state index is -0.520. The number of amides is 2. The first-order valence-electron chi connectivity index (χ1n) is 13.0. The Bertz CT molecular complexity index is 956. The van der Waals surface area contributed by atoms with E-state index in [0.29, 0.717) is 32.4 Å². The second-order valence-corrected chi connectivity index (χ2v) is 9.27. The molecule has 0 spiro atoms. The van der Waals surface area contributed by atoms with Gasteiger partial charge in [-0.15, -0.1) is 0 Å². The molecule has 7 nitrogen and oxygen atoms in total. The number of methoxy groups -OCH3 is 2. The lowest BCUT2D eigenvalue weighted by Gasteiger charge is -2.33. The van der Waals surface area contributed by atoms with Crippen LogP contribution in [-0.2, 0) is 16.1 Å². The summed E-state index contributed by atoms with van der Waals surface area (Å²) in [6, 6.07) is 14.7. The summed E-state index contributed by atoms with van der Waals surface area (Å²) in [6.45, 7) is 2.73. The van der Waals surface area contributed by atoms with Crippen molar-refractivity contribution in [3.05, 3.63) is 54.1 Å². The second kappa shape index (κ2) is 14.4. The van der Waals surface area contributed by atoms with E-state index in [0.717, 1.165) is 48.5 Å². The molecule has 2 aromatic rings. The molecule has 1 aliphatic carbocycles. The van der Waals surface area contributed by atoms with Crippen LogP contribution in [0, 0.1) is 0 Å². The van der Waals surface area contributed by atoms with Gasteiger partial charge in [0.1, 0.15) is 23.3 Å². The largest absolute Gasteiger partial charge is 0.497 e. The Morgan fingerprint density at radius 3 is 2.33 bits per heavy atom. The molecule has 7 heteroatoms. The zero-order valence-electron chi connectivity index (χ0n) is 21.8. The van der Waals surface area contributed by atoms with Gasteiger partial charge >= 0.3 is 0 Å². The molecule has 0 heterocycles. The lowest BCUT2D eigenvalue weighted by Crippen LogP contribution is -2.51. The number of nitrogens with one attached hydrogen (secondary N) is 1. The van der Waals surface area contributed by atoms with Gasteiger partial charge in [0.25, 0.3) is 0 Å². The fourth-order valence-electron chi connectivity index (χ4n) is 4.66. The molecule has 1 saturated carbocycles. The Morgan fingerprint density at radius 2 is 1.67 bits per heavy atom. The summed E-state index contributed by atoms with van der Waals surface area (Å²) in [4.78, 5) is 28.5. The van der Waals surface area contributed by atoms with Crippen LogP contribution in [0.1, 0.15) is 63.9 Å². The van der Waals surface area contributed by atoms with Crippen LogP contribution in [0.3, 0.4) is 0 Å². The Balaban J connectivity index is 1.65. The molecule has 196 valence electrons. The first kappa shape index (κ1) is 27.4. The van der Waals surface area contributed by atoms with Crippen LogP contribution in [0.5, 0.6) is 17.2 Å². The summed E-state index contributed by atoms with van der Waals surface area (Å²) < 4.78 is 16.3. The molecule has 1 fully saturated rings. The maximum Gasteiger partial charge on any atom is 0.243 e. The minimum Gasteiger partial charge on any atom is -0.497 e. The van der Waals surface area contributed by atoms with Gasteiger partial charge in [-0.25, -0.2) is 0 Å². The van der Waals surface area contributed by atoms with Crippen molar-refractivity contribution in [3.8, 4) is 17.2 Å². The van der Waals surface area contributed by atoms with E-state index < -0.39 is 6.04 Å². The Kier molecular flexibility index (Phi) is 10.9. The molecular weight excluding hydrogens is 456 g/mol. The molecule has 0 bridgehead atoms. The van der Waals surface area contributed by atoms with Crippen molar-refractivity contribution < 1.29 is 23.8 Å². The summed E-state index contributed by atoms with van der Waals surface area (Å²) in [5, 5.41) is 3.22. The molecule has 1 aliphatic rings. The van der Waals surface area contributed by atoms with Crippen LogP contribution in [0.15, 0.2) is 48.5 Å². The van der Waals surface area contributed by atoms with Gasteiger partial charge in [-0.05, 0) is 67.6 Å². The first-order valence-corrected chi connectivity index (χ1v) is 13.0. The fourth-order valence-corrected chi connectivity index (χ4v) is 4.66. The number of hydrogen-bond acceptors (Lipinski definition) is 5. The van der Waals surface area contributed by atoms with Crippen LogP contribution in [0.4, 0.5) is 0 Å². The molecule has 2 amide bonds. The monoisotopic (exact) mass is 496 g/mol. The highest BCUT2D eigenvalue weighted by Gasteiger charge is 2.30. The van der Waals surface area contributed by atoms with Crippen LogP contribution in [-0.4, -0.2) is 49.6 Å². The number of ether oxygens (including phenoxy) is 3. The highest BCUT2D eigenvalue weighted by Crippen LogP contribution is 2.21. The molecule has 0 aromatic heterocycles. The van der Waals surface area contributed by atoms with Crippen LogP contribution >= 0.6 is 0 Å². The molecular formula is C29H40N2O5. The summed E-state index contributed by atoms with van der Waals surface area (Å²) in [7, 11) is 3.25. The zero-order valence-corrected chi connectivity index (χ0v) is 21.8. The van der Waals surface area contributed by atoms with Crippen molar-refractivity contribution in [2.45, 2.75) is 76.9 Å². The van der Waals surface area contributed by atoms with Gasteiger partial charge in [-0.2, -0.15) is 0 Å². The minimum absolute atomic E-state index is 0.0539. The number of carbonyl (C=O) groups is 2. The van der Waals surface area contributed by atoms with Gasteiger partial charge in [-0.3, -0.25) is 9.59 Å². The van der Waals surface area contributed by atoms with Gasteiger partial charge in [0.2, 0.25) is 11.8 Å². The normalized spacial score (nSPS) is 14.5. The number of carbonyl (C=O) groups excluding carboxylic acids is 2. The smallest absolute Gasteiger partial charge is 0.243 e. The van der Waals surface area contributed by atoms with Crippen molar-refractivity contribution in [2.75, 3.05) is 20.8 Å². The SMILES string of the molecule is CCC(C(=O)NC1CCCCC1)N(Cc1cccc(OC)c1)C(=O)CCCOc1ccc(OC)cc1. The van der Waals surface area contributed by atoms with Crippen molar-refractivity contribution in [2.24, 2.45) is 0 Å². The zero-order chi connectivity index (χ0) is 25.8. The van der Waals surface area contributed by atoms with E-state index in [9.17, 15) is 9.59 Å². The summed E-state index contributed by atoms with van der Waals surface area (Å²) in [5.41, 5.74) is 0.932. The number of nitrogens with zero attached hydrogens (tertiary/aromatic N) is 1. The Morgan fingerprint density at radius 1 is 0.972 bits per heavy atom. The van der Waals surface area contributed by atoms with E-state index in [-0.39, 0.29) is 17.9 Å². The molecule has 3 rings (SSSR count). The molecule has 0 radical (unpaired) electrons. The van der Waals surface area contributed by atoms with E-state index in [1.807, 2.05) is 55.5 Å². The van der Waals surface area contributed by atoms with E-state index >= 15 is 0 Å². The average Bonchev–Trinajstić information content (AvgIpc) is 2.92. The van der Waals surface area contributed by atoms with Gasteiger partial charge < -0.3 is 24.4 Å². The standard InChI is InChI=1S/C29H40N2O5/c1-4-27(29(33)30-23-11-6-5-7-12-23)31(21-22-10-8-13-26(20-22)35-3)28(32)14-9-19-36-25-17-15-24(34-2)16-18-25/h8,10,13,15-18,20,23,27H,4-7,9,11-12,14,19,21H2,1-3H3,(H,30,33). The van der Waals surface area contributed by atoms with Gasteiger partial charge in [0.15, 0.2) is 0 Å². The molecule has 1 N–H and O–H groups in total. The van der Waals surface area contributed by atoms with Gasteiger partial charge in [0.05, 0.1) is 20.8 Å². The molecule has 36 heavy (non-hydrogen) atoms.